The third-order valence-electron chi connectivity index (χ3n) is 2.83. The minimum Gasteiger partial charge on any atom is -0.343 e. The Morgan fingerprint density at radius 3 is 2.62 bits per heavy atom. The van der Waals surface area contributed by atoms with Crippen LogP contribution in [0.25, 0.3) is 0 Å². The molecule has 0 aliphatic rings. The fourth-order valence-electron chi connectivity index (χ4n) is 1.70. The van der Waals surface area contributed by atoms with E-state index in [1.54, 1.807) is 13.8 Å². The van der Waals surface area contributed by atoms with Gasteiger partial charge in [-0.3, -0.25) is 4.79 Å². The number of halogens is 1. The lowest BCUT2D eigenvalue weighted by atomic mass is 10.1. The topological polar surface area (TPSA) is 94.0 Å². The average Bonchev–Trinajstić information content (AvgIpc) is 2.88. The Hall–Kier alpha value is -1.92. The number of nitrogens with zero attached hydrogens (tertiary/aromatic N) is 2. The lowest BCUT2D eigenvalue weighted by Crippen LogP contribution is -2.39. The fraction of sp³-hybridized carbons (Fsp3) is 0.357. The summed E-state index contributed by atoms with van der Waals surface area (Å²) in [6, 6.07) is 8.95. The third-order valence-corrected chi connectivity index (χ3v) is 2.83. The van der Waals surface area contributed by atoms with E-state index in [4.69, 9.17) is 10.3 Å². The quantitative estimate of drug-likeness (QED) is 0.875. The number of nitrogens with one attached hydrogen (secondary N) is 1. The van der Waals surface area contributed by atoms with E-state index in [1.807, 2.05) is 30.3 Å². The van der Waals surface area contributed by atoms with E-state index >= 15 is 0 Å². The fourth-order valence-corrected chi connectivity index (χ4v) is 1.70. The first kappa shape index (κ1) is 17.1. The molecule has 1 amide bonds. The Morgan fingerprint density at radius 2 is 2.00 bits per heavy atom. The van der Waals surface area contributed by atoms with Gasteiger partial charge in [0.15, 0.2) is 5.82 Å². The standard InChI is InChI=1S/C14H18N4O2.ClH/c1-9(15)13(19)16-10(2)14-17-12(18-20-14)8-11-6-4-3-5-7-11;/h3-7,9-10H,8,15H2,1-2H3,(H,16,19);1H/t9-,10?;/m1./s1. The molecule has 1 unspecified atom stereocenters. The van der Waals surface area contributed by atoms with Crippen LogP contribution in [0.15, 0.2) is 34.9 Å². The number of benzene rings is 1. The van der Waals surface area contributed by atoms with Crippen LogP contribution in [0.4, 0.5) is 0 Å². The van der Waals surface area contributed by atoms with Crippen LogP contribution >= 0.6 is 12.4 Å². The zero-order chi connectivity index (χ0) is 14.5. The van der Waals surface area contributed by atoms with E-state index in [0.29, 0.717) is 18.1 Å². The number of carbonyl (C=O) groups is 1. The first-order valence-corrected chi connectivity index (χ1v) is 6.48. The average molecular weight is 311 g/mol. The van der Waals surface area contributed by atoms with E-state index in [2.05, 4.69) is 15.5 Å². The van der Waals surface area contributed by atoms with Gasteiger partial charge in [-0.2, -0.15) is 4.98 Å². The summed E-state index contributed by atoms with van der Waals surface area (Å²) in [4.78, 5) is 15.8. The second-order valence-electron chi connectivity index (χ2n) is 4.73. The summed E-state index contributed by atoms with van der Waals surface area (Å²) in [6.07, 6.45) is 0.596. The number of amides is 1. The van der Waals surface area contributed by atoms with Crippen LogP contribution in [-0.2, 0) is 11.2 Å². The highest BCUT2D eigenvalue weighted by Gasteiger charge is 2.18. The van der Waals surface area contributed by atoms with Crippen molar-refractivity contribution in [3.8, 4) is 0 Å². The maximum absolute atomic E-state index is 11.5. The van der Waals surface area contributed by atoms with Gasteiger partial charge in [0, 0.05) is 6.42 Å². The molecule has 0 fully saturated rings. The normalized spacial score (nSPS) is 13.1. The molecule has 2 atom stereocenters. The molecular formula is C14H19ClN4O2. The predicted molar refractivity (Wildman–Crippen MR) is 81.0 cm³/mol. The van der Waals surface area contributed by atoms with Gasteiger partial charge in [0.1, 0.15) is 6.04 Å². The molecule has 0 bridgehead atoms. The Morgan fingerprint density at radius 1 is 1.33 bits per heavy atom. The van der Waals surface area contributed by atoms with E-state index in [-0.39, 0.29) is 24.4 Å². The van der Waals surface area contributed by atoms with Crippen LogP contribution < -0.4 is 11.1 Å². The van der Waals surface area contributed by atoms with Gasteiger partial charge in [-0.15, -0.1) is 12.4 Å². The van der Waals surface area contributed by atoms with Crippen molar-refractivity contribution in [2.45, 2.75) is 32.4 Å². The number of nitrogens with two attached hydrogens (primary N) is 1. The Bertz CT molecular complexity index is 571. The highest BCUT2D eigenvalue weighted by molar-refractivity contribution is 5.85. The summed E-state index contributed by atoms with van der Waals surface area (Å²) in [6.45, 7) is 3.40. The van der Waals surface area contributed by atoms with Crippen LogP contribution in [0.3, 0.4) is 0 Å². The Labute approximate surface area is 129 Å². The molecule has 0 aliphatic carbocycles. The Balaban J connectivity index is 0.00000220. The van der Waals surface area contributed by atoms with Crippen molar-refractivity contribution in [1.29, 1.82) is 0 Å². The van der Waals surface area contributed by atoms with Crippen LogP contribution in [0, 0.1) is 0 Å². The summed E-state index contributed by atoms with van der Waals surface area (Å²) < 4.78 is 5.16. The molecule has 6 nitrogen and oxygen atoms in total. The smallest absolute Gasteiger partial charge is 0.248 e. The number of rotatable bonds is 5. The first-order chi connectivity index (χ1) is 9.56. The minimum absolute atomic E-state index is 0. The number of aromatic nitrogens is 2. The molecule has 0 saturated carbocycles. The number of hydrogen-bond donors (Lipinski definition) is 2. The van der Waals surface area contributed by atoms with Crippen molar-refractivity contribution < 1.29 is 9.32 Å². The lowest BCUT2D eigenvalue weighted by molar-refractivity contribution is -0.122. The zero-order valence-corrected chi connectivity index (χ0v) is 12.8. The SMILES string of the molecule is CC(NC(=O)[C@@H](C)N)c1nc(Cc2ccccc2)no1.Cl. The van der Waals surface area contributed by atoms with Crippen molar-refractivity contribution >= 4 is 18.3 Å². The first-order valence-electron chi connectivity index (χ1n) is 6.48. The molecule has 1 aromatic heterocycles. The lowest BCUT2D eigenvalue weighted by Gasteiger charge is -2.11. The van der Waals surface area contributed by atoms with Gasteiger partial charge in [0.25, 0.3) is 0 Å². The second-order valence-corrected chi connectivity index (χ2v) is 4.73. The van der Waals surface area contributed by atoms with Crippen molar-refractivity contribution in [3.63, 3.8) is 0 Å². The minimum atomic E-state index is -0.566. The monoisotopic (exact) mass is 310 g/mol. The summed E-state index contributed by atoms with van der Waals surface area (Å²) in [5.74, 6) is 0.721. The third kappa shape index (κ3) is 4.84. The molecule has 2 rings (SSSR count). The van der Waals surface area contributed by atoms with E-state index in [1.165, 1.54) is 0 Å². The predicted octanol–water partition coefficient (Wildman–Crippen LogP) is 1.61. The molecule has 114 valence electrons. The van der Waals surface area contributed by atoms with Crippen molar-refractivity contribution in [2.75, 3.05) is 0 Å². The van der Waals surface area contributed by atoms with Gasteiger partial charge in [0.05, 0.1) is 6.04 Å². The highest BCUT2D eigenvalue weighted by atomic mass is 35.5. The van der Waals surface area contributed by atoms with E-state index in [9.17, 15) is 4.79 Å². The maximum atomic E-state index is 11.5. The van der Waals surface area contributed by atoms with Crippen LogP contribution in [0.2, 0.25) is 0 Å². The summed E-state index contributed by atoms with van der Waals surface area (Å²) in [5.41, 5.74) is 6.59. The molecule has 3 N–H and O–H groups in total. The molecule has 0 spiro atoms. The molecule has 1 heterocycles. The molecule has 0 radical (unpaired) electrons. The summed E-state index contributed by atoms with van der Waals surface area (Å²) in [7, 11) is 0. The highest BCUT2D eigenvalue weighted by Crippen LogP contribution is 2.12. The van der Waals surface area contributed by atoms with E-state index < -0.39 is 6.04 Å². The molecule has 21 heavy (non-hydrogen) atoms. The molecule has 0 aliphatic heterocycles. The summed E-state index contributed by atoms with van der Waals surface area (Å²) >= 11 is 0. The molecular weight excluding hydrogens is 292 g/mol. The largest absolute Gasteiger partial charge is 0.343 e. The van der Waals surface area contributed by atoms with Gasteiger partial charge >= 0.3 is 0 Å². The van der Waals surface area contributed by atoms with Gasteiger partial charge in [-0.25, -0.2) is 0 Å². The zero-order valence-electron chi connectivity index (χ0n) is 11.9. The van der Waals surface area contributed by atoms with Crippen LogP contribution in [0.1, 0.15) is 37.2 Å². The molecule has 2 aromatic rings. The van der Waals surface area contributed by atoms with Crippen molar-refractivity contribution in [1.82, 2.24) is 15.5 Å². The van der Waals surface area contributed by atoms with Gasteiger partial charge in [-0.1, -0.05) is 35.5 Å². The molecule has 7 heteroatoms. The van der Waals surface area contributed by atoms with Crippen LogP contribution in [0.5, 0.6) is 0 Å². The second kappa shape index (κ2) is 7.75. The maximum Gasteiger partial charge on any atom is 0.248 e. The summed E-state index contributed by atoms with van der Waals surface area (Å²) in [5, 5.41) is 6.63. The Kier molecular flexibility index (Phi) is 6.33. The van der Waals surface area contributed by atoms with Crippen LogP contribution in [-0.4, -0.2) is 22.1 Å². The molecule has 0 saturated heterocycles. The number of carbonyl (C=O) groups excluding carboxylic acids is 1. The van der Waals surface area contributed by atoms with Gasteiger partial charge < -0.3 is 15.6 Å². The molecule has 1 aromatic carbocycles. The van der Waals surface area contributed by atoms with E-state index in [0.717, 1.165) is 5.56 Å². The van der Waals surface area contributed by atoms with Gasteiger partial charge in [-0.05, 0) is 19.4 Å². The van der Waals surface area contributed by atoms with Crippen molar-refractivity contribution in [2.24, 2.45) is 5.73 Å². The van der Waals surface area contributed by atoms with Crippen molar-refractivity contribution in [3.05, 3.63) is 47.6 Å². The number of hydrogen-bond acceptors (Lipinski definition) is 5. The van der Waals surface area contributed by atoms with Gasteiger partial charge in [0.2, 0.25) is 11.8 Å².